The summed E-state index contributed by atoms with van der Waals surface area (Å²) in [5, 5.41) is 7.77. The van der Waals surface area contributed by atoms with Crippen molar-refractivity contribution in [2.45, 2.75) is 27.7 Å². The summed E-state index contributed by atoms with van der Waals surface area (Å²) in [6.07, 6.45) is 0. The number of carbonyl (C=O) groups excluding carboxylic acids is 2. The molecule has 0 saturated heterocycles. The third-order valence-electron chi connectivity index (χ3n) is 5.68. The smallest absolute Gasteiger partial charge is 0.318 e. The lowest BCUT2D eigenvalue weighted by molar-refractivity contribution is -0.141. The average Bonchev–Trinajstić information content (AvgIpc) is 3.18. The van der Waals surface area contributed by atoms with E-state index < -0.39 is 11.9 Å². The Balaban J connectivity index is 1.71. The van der Waals surface area contributed by atoms with E-state index in [4.69, 9.17) is 9.68 Å². The fourth-order valence-corrected chi connectivity index (χ4v) is 3.85. The van der Waals surface area contributed by atoms with E-state index in [1.54, 1.807) is 13.8 Å². The van der Waals surface area contributed by atoms with Crippen LogP contribution in [0.5, 0.6) is 0 Å². The Morgan fingerprint density at radius 2 is 1.00 bits per heavy atom. The SMILES string of the molecule is CC(=O)O/N=C(/C)c1ccc(N(c2ccccc2)c2cc3ccc(/C(C)=N/OC(C)=O)ccc-3c2)cc1. The Bertz CT molecular complexity index is 1410. The Labute approximate surface area is 216 Å². The highest BCUT2D eigenvalue weighted by Gasteiger charge is 2.16. The van der Waals surface area contributed by atoms with E-state index in [0.717, 1.165) is 39.3 Å². The van der Waals surface area contributed by atoms with Gasteiger partial charge in [0.1, 0.15) is 0 Å². The molecule has 0 aromatic heterocycles. The predicted molar refractivity (Wildman–Crippen MR) is 146 cm³/mol. The van der Waals surface area contributed by atoms with Crippen LogP contribution < -0.4 is 4.90 Å². The zero-order chi connectivity index (χ0) is 26.4. The molecule has 186 valence electrons. The lowest BCUT2D eigenvalue weighted by Gasteiger charge is -2.24. The first-order chi connectivity index (χ1) is 17.8. The van der Waals surface area contributed by atoms with E-state index in [-0.39, 0.29) is 0 Å². The fraction of sp³-hybridized carbons (Fsp3) is 0.133. The first-order valence-electron chi connectivity index (χ1n) is 11.8. The van der Waals surface area contributed by atoms with Crippen molar-refractivity contribution in [3.8, 4) is 11.1 Å². The van der Waals surface area contributed by atoms with Crippen LogP contribution in [0.4, 0.5) is 17.1 Å². The third kappa shape index (κ3) is 6.27. The van der Waals surface area contributed by atoms with Crippen LogP contribution in [0.1, 0.15) is 38.8 Å². The monoisotopic (exact) mass is 493 g/mol. The van der Waals surface area contributed by atoms with E-state index >= 15 is 0 Å². The molecule has 0 amide bonds. The Kier molecular flexibility index (Phi) is 7.74. The van der Waals surface area contributed by atoms with Gasteiger partial charge in [0.05, 0.1) is 11.4 Å². The molecule has 4 rings (SSSR count). The second-order valence-corrected chi connectivity index (χ2v) is 8.48. The zero-order valence-electron chi connectivity index (χ0n) is 21.1. The summed E-state index contributed by atoms with van der Waals surface area (Å²) < 4.78 is 0. The van der Waals surface area contributed by atoms with Crippen LogP contribution in [0.15, 0.2) is 101 Å². The zero-order valence-corrected chi connectivity index (χ0v) is 21.1. The Morgan fingerprint density at radius 1 is 0.568 bits per heavy atom. The number of hydrogen-bond acceptors (Lipinski definition) is 7. The fourth-order valence-electron chi connectivity index (χ4n) is 3.85. The van der Waals surface area contributed by atoms with Gasteiger partial charge in [-0.3, -0.25) is 0 Å². The summed E-state index contributed by atoms with van der Waals surface area (Å²) in [7, 11) is 0. The molecule has 0 unspecified atom stereocenters. The van der Waals surface area contributed by atoms with Crippen LogP contribution in [0.3, 0.4) is 0 Å². The van der Waals surface area contributed by atoms with Gasteiger partial charge < -0.3 is 14.6 Å². The topological polar surface area (TPSA) is 80.6 Å². The van der Waals surface area contributed by atoms with Gasteiger partial charge in [-0.05, 0) is 72.5 Å². The van der Waals surface area contributed by atoms with Crippen molar-refractivity contribution in [2.24, 2.45) is 10.3 Å². The number of benzene rings is 2. The van der Waals surface area contributed by atoms with Crippen molar-refractivity contribution in [3.05, 3.63) is 102 Å². The van der Waals surface area contributed by atoms with Crippen LogP contribution in [0.2, 0.25) is 0 Å². The minimum atomic E-state index is -0.457. The van der Waals surface area contributed by atoms with E-state index in [0.29, 0.717) is 11.4 Å². The van der Waals surface area contributed by atoms with Gasteiger partial charge >= 0.3 is 11.9 Å². The minimum absolute atomic E-state index is 0.455. The molecular formula is C30H27N3O4. The van der Waals surface area contributed by atoms with Gasteiger partial charge in [-0.25, -0.2) is 9.59 Å². The van der Waals surface area contributed by atoms with Crippen molar-refractivity contribution >= 4 is 40.4 Å². The van der Waals surface area contributed by atoms with Crippen LogP contribution >= 0.6 is 0 Å². The molecule has 0 radical (unpaired) electrons. The standard InChI is InChI=1S/C30H27N3O4/c1-20(31-36-22(3)34)24-10-12-26-18-30(19-27(26)13-11-24)33(28-8-6-5-7-9-28)29-16-14-25(15-17-29)21(2)32-37-23(4)35/h5-19H,1-4H3/b31-20+,32-21-. The molecule has 0 bridgehead atoms. The van der Waals surface area contributed by atoms with E-state index in [1.807, 2.05) is 66.7 Å². The molecule has 0 saturated carbocycles. The number of anilines is 3. The number of nitrogens with zero attached hydrogens (tertiary/aromatic N) is 3. The number of oxime groups is 2. The van der Waals surface area contributed by atoms with Gasteiger partial charge in [-0.15, -0.1) is 0 Å². The van der Waals surface area contributed by atoms with E-state index in [2.05, 4.69) is 39.5 Å². The number of rotatable bonds is 7. The molecule has 0 aliphatic heterocycles. The van der Waals surface area contributed by atoms with Crippen LogP contribution in [-0.4, -0.2) is 23.4 Å². The summed E-state index contributed by atoms with van der Waals surface area (Å²) in [6.45, 7) is 6.24. The first-order valence-corrected chi connectivity index (χ1v) is 11.8. The highest BCUT2D eigenvalue weighted by Crippen LogP contribution is 2.39. The molecule has 0 heterocycles. The van der Waals surface area contributed by atoms with Crippen molar-refractivity contribution in [3.63, 3.8) is 0 Å². The first kappa shape index (κ1) is 25.3. The lowest BCUT2D eigenvalue weighted by Crippen LogP contribution is -2.09. The molecule has 2 aromatic carbocycles. The normalized spacial score (nSPS) is 11.8. The molecule has 37 heavy (non-hydrogen) atoms. The van der Waals surface area contributed by atoms with Gasteiger partial charge in [0.2, 0.25) is 0 Å². The van der Waals surface area contributed by atoms with Gasteiger partial charge in [-0.1, -0.05) is 64.9 Å². The number of hydrogen-bond donors (Lipinski definition) is 0. The molecule has 0 atom stereocenters. The molecule has 7 heteroatoms. The quantitative estimate of drug-likeness (QED) is 0.160. The maximum atomic E-state index is 11.1. The van der Waals surface area contributed by atoms with Gasteiger partial charge in [0.15, 0.2) is 0 Å². The number of para-hydroxylation sites is 1. The van der Waals surface area contributed by atoms with Crippen molar-refractivity contribution in [2.75, 3.05) is 4.90 Å². The van der Waals surface area contributed by atoms with Crippen LogP contribution in [-0.2, 0) is 19.3 Å². The molecule has 0 spiro atoms. The highest BCUT2D eigenvalue weighted by molar-refractivity contribution is 6.00. The summed E-state index contributed by atoms with van der Waals surface area (Å²) in [4.78, 5) is 33.9. The lowest BCUT2D eigenvalue weighted by atomic mass is 10.1. The molecule has 0 fully saturated rings. The second-order valence-electron chi connectivity index (χ2n) is 8.48. The maximum absolute atomic E-state index is 11.1. The summed E-state index contributed by atoms with van der Waals surface area (Å²) in [5.74, 6) is -0.911. The van der Waals surface area contributed by atoms with E-state index in [1.165, 1.54) is 13.8 Å². The van der Waals surface area contributed by atoms with Crippen molar-refractivity contribution < 1.29 is 19.3 Å². The van der Waals surface area contributed by atoms with Crippen molar-refractivity contribution in [1.29, 1.82) is 0 Å². The van der Waals surface area contributed by atoms with Crippen LogP contribution in [0, 0.1) is 0 Å². The minimum Gasteiger partial charge on any atom is -0.318 e. The second kappa shape index (κ2) is 11.3. The largest absolute Gasteiger partial charge is 0.331 e. The number of carbonyl (C=O) groups is 2. The van der Waals surface area contributed by atoms with Crippen molar-refractivity contribution in [1.82, 2.24) is 0 Å². The summed E-state index contributed by atoms with van der Waals surface area (Å²) in [6, 6.07) is 30.3. The van der Waals surface area contributed by atoms with Gasteiger partial charge in [0, 0.05) is 30.9 Å². The number of fused-ring (bicyclic) bond motifs is 1. The summed E-state index contributed by atoms with van der Waals surface area (Å²) >= 11 is 0. The molecule has 0 N–H and O–H groups in total. The molecular weight excluding hydrogens is 466 g/mol. The Morgan fingerprint density at radius 3 is 1.46 bits per heavy atom. The molecule has 2 aliphatic carbocycles. The van der Waals surface area contributed by atoms with E-state index in [9.17, 15) is 9.59 Å². The molecule has 2 aromatic rings. The van der Waals surface area contributed by atoms with Crippen LogP contribution in [0.25, 0.3) is 11.1 Å². The summed E-state index contributed by atoms with van der Waals surface area (Å²) in [5.41, 5.74) is 8.07. The average molecular weight is 494 g/mol. The maximum Gasteiger partial charge on any atom is 0.331 e. The van der Waals surface area contributed by atoms with Gasteiger partial charge in [-0.2, -0.15) is 0 Å². The third-order valence-corrected chi connectivity index (χ3v) is 5.68. The van der Waals surface area contributed by atoms with Gasteiger partial charge in [0.25, 0.3) is 0 Å². The predicted octanol–water partition coefficient (Wildman–Crippen LogP) is 6.84. The highest BCUT2D eigenvalue weighted by atomic mass is 16.7. The molecule has 7 nitrogen and oxygen atoms in total. The molecule has 2 aliphatic rings. The Hall–Kier alpha value is -4.78.